The number of benzene rings is 1. The molecule has 1 unspecified atom stereocenters. The Hall–Kier alpha value is -3.15. The number of aromatic nitrogens is 4. The maximum absolute atomic E-state index is 12.9. The highest BCUT2D eigenvalue weighted by Gasteiger charge is 2.24. The smallest absolute Gasteiger partial charge is 0.332 e. The third-order valence-corrected chi connectivity index (χ3v) is 5.27. The number of aryl methyl sites for hydroxylation is 2. The first-order valence-corrected chi connectivity index (χ1v) is 10.3. The Kier molecular flexibility index (Phi) is 7.33. The van der Waals surface area contributed by atoms with Crippen molar-refractivity contribution in [2.45, 2.75) is 19.6 Å². The minimum Gasteiger partial charge on any atom is -0.491 e. The molecule has 0 aliphatic rings. The summed E-state index contributed by atoms with van der Waals surface area (Å²) in [6.07, 6.45) is -1.00. The van der Waals surface area contributed by atoms with Crippen molar-refractivity contribution in [1.29, 1.82) is 0 Å². The van der Waals surface area contributed by atoms with Crippen molar-refractivity contribution < 1.29 is 20.1 Å². The van der Waals surface area contributed by atoms with Crippen LogP contribution < -0.4 is 20.9 Å². The SMILES string of the molecule is Cc1ccccc1OCC(O)Cn1c(N(CCO)CCO)nc2c1c(=O)n(C)c(=O)n2C. The van der Waals surface area contributed by atoms with E-state index in [1.54, 1.807) is 11.0 Å². The number of imidazole rings is 1. The lowest BCUT2D eigenvalue weighted by Crippen LogP contribution is -2.38. The third-order valence-electron chi connectivity index (χ3n) is 5.27. The van der Waals surface area contributed by atoms with Crippen LogP contribution in [-0.2, 0) is 20.6 Å². The predicted molar refractivity (Wildman–Crippen MR) is 119 cm³/mol. The van der Waals surface area contributed by atoms with Gasteiger partial charge >= 0.3 is 5.69 Å². The second kappa shape index (κ2) is 9.98. The van der Waals surface area contributed by atoms with E-state index in [1.807, 2.05) is 25.1 Å². The zero-order valence-corrected chi connectivity index (χ0v) is 18.4. The highest BCUT2D eigenvalue weighted by Crippen LogP contribution is 2.21. The summed E-state index contributed by atoms with van der Waals surface area (Å²) in [5, 5.41) is 29.6. The van der Waals surface area contributed by atoms with E-state index in [0.29, 0.717) is 5.75 Å². The summed E-state index contributed by atoms with van der Waals surface area (Å²) >= 11 is 0. The van der Waals surface area contributed by atoms with Crippen molar-refractivity contribution in [2.24, 2.45) is 14.1 Å². The Bertz CT molecular complexity index is 1190. The number of hydrogen-bond acceptors (Lipinski definition) is 8. The maximum Gasteiger partial charge on any atom is 0.332 e. The number of aliphatic hydroxyl groups excluding tert-OH is 3. The molecule has 0 spiro atoms. The first kappa shape index (κ1) is 23.5. The van der Waals surface area contributed by atoms with E-state index >= 15 is 0 Å². The van der Waals surface area contributed by atoms with Gasteiger partial charge in [0, 0.05) is 27.2 Å². The molecule has 1 atom stereocenters. The lowest BCUT2D eigenvalue weighted by Gasteiger charge is -2.24. The van der Waals surface area contributed by atoms with Crippen molar-refractivity contribution in [2.75, 3.05) is 37.8 Å². The van der Waals surface area contributed by atoms with Gasteiger partial charge in [0.05, 0.1) is 19.8 Å². The second-order valence-corrected chi connectivity index (χ2v) is 7.56. The highest BCUT2D eigenvalue weighted by atomic mass is 16.5. The quantitative estimate of drug-likeness (QED) is 0.359. The number of rotatable bonds is 10. The minimum atomic E-state index is -1.00. The van der Waals surface area contributed by atoms with E-state index in [0.717, 1.165) is 10.1 Å². The maximum atomic E-state index is 12.9. The van der Waals surface area contributed by atoms with Gasteiger partial charge in [-0.2, -0.15) is 4.98 Å². The molecule has 0 radical (unpaired) electrons. The second-order valence-electron chi connectivity index (χ2n) is 7.56. The normalized spacial score (nSPS) is 12.3. The molecule has 3 N–H and O–H groups in total. The summed E-state index contributed by atoms with van der Waals surface area (Å²) < 4.78 is 9.47. The van der Waals surface area contributed by atoms with Gasteiger partial charge < -0.3 is 29.5 Å². The van der Waals surface area contributed by atoms with Crippen LogP contribution in [-0.4, -0.2) is 73.0 Å². The standard InChI is InChI=1S/C21H29N5O6/c1-14-6-4-5-7-16(14)32-13-15(29)12-26-17-18(23(2)21(31)24(3)19(17)30)22-20(26)25(8-10-27)9-11-28/h4-7,15,27-29H,8-13H2,1-3H3. The Morgan fingerprint density at radius 2 is 1.75 bits per heavy atom. The Morgan fingerprint density at radius 3 is 2.38 bits per heavy atom. The fourth-order valence-electron chi connectivity index (χ4n) is 3.57. The number of ether oxygens (including phenoxy) is 1. The molecule has 1 aromatic carbocycles. The molecule has 11 nitrogen and oxygen atoms in total. The molecule has 174 valence electrons. The molecule has 0 aliphatic carbocycles. The van der Waals surface area contributed by atoms with Gasteiger partial charge in [0.2, 0.25) is 5.95 Å². The molecule has 3 aromatic rings. The van der Waals surface area contributed by atoms with Crippen molar-refractivity contribution >= 4 is 17.1 Å². The van der Waals surface area contributed by atoms with Gasteiger partial charge in [0.15, 0.2) is 11.2 Å². The van der Waals surface area contributed by atoms with Crippen molar-refractivity contribution in [1.82, 2.24) is 18.7 Å². The molecule has 2 heterocycles. The summed E-state index contributed by atoms with van der Waals surface area (Å²) in [7, 11) is 2.88. The largest absolute Gasteiger partial charge is 0.491 e. The summed E-state index contributed by atoms with van der Waals surface area (Å²) in [4.78, 5) is 31.4. The Balaban J connectivity index is 2.04. The van der Waals surface area contributed by atoms with Crippen molar-refractivity contribution in [3.8, 4) is 5.75 Å². The molecular formula is C21H29N5O6. The van der Waals surface area contributed by atoms with Gasteiger partial charge in [0.1, 0.15) is 18.5 Å². The van der Waals surface area contributed by atoms with Crippen molar-refractivity contribution in [3.63, 3.8) is 0 Å². The Morgan fingerprint density at radius 1 is 1.09 bits per heavy atom. The van der Waals surface area contributed by atoms with Gasteiger partial charge in [-0.15, -0.1) is 0 Å². The number of para-hydroxylation sites is 1. The summed E-state index contributed by atoms with van der Waals surface area (Å²) in [6, 6.07) is 7.42. The molecule has 3 rings (SSSR count). The predicted octanol–water partition coefficient (Wildman–Crippen LogP) is -1.03. The first-order valence-electron chi connectivity index (χ1n) is 10.3. The molecule has 0 saturated carbocycles. The molecule has 0 amide bonds. The molecule has 11 heteroatoms. The summed E-state index contributed by atoms with van der Waals surface area (Å²) in [5.41, 5.74) is 0.135. The Labute approximate surface area is 184 Å². The van der Waals surface area contributed by atoms with Crippen LogP contribution in [0.4, 0.5) is 5.95 Å². The number of aliphatic hydroxyl groups is 3. The third kappa shape index (κ3) is 4.54. The molecule has 0 aliphatic heterocycles. The molecule has 0 fully saturated rings. The van der Waals surface area contributed by atoms with Crippen LogP contribution in [0.1, 0.15) is 5.56 Å². The zero-order valence-electron chi connectivity index (χ0n) is 18.4. The van der Waals surface area contributed by atoms with Gasteiger partial charge in [-0.05, 0) is 18.6 Å². The topological polar surface area (TPSA) is 135 Å². The lowest BCUT2D eigenvalue weighted by molar-refractivity contribution is 0.0932. The average molecular weight is 447 g/mol. The highest BCUT2D eigenvalue weighted by molar-refractivity contribution is 5.74. The van der Waals surface area contributed by atoms with Crippen LogP contribution in [0.5, 0.6) is 5.75 Å². The molecule has 0 saturated heterocycles. The van der Waals surface area contributed by atoms with E-state index < -0.39 is 17.4 Å². The molecule has 32 heavy (non-hydrogen) atoms. The van der Waals surface area contributed by atoms with Gasteiger partial charge in [-0.1, -0.05) is 18.2 Å². The number of anilines is 1. The van der Waals surface area contributed by atoms with E-state index in [1.165, 1.54) is 23.2 Å². The molecular weight excluding hydrogens is 418 g/mol. The number of fused-ring (bicyclic) bond motifs is 1. The van der Waals surface area contributed by atoms with Crippen LogP contribution >= 0.6 is 0 Å². The van der Waals surface area contributed by atoms with Gasteiger partial charge in [-0.25, -0.2) is 4.79 Å². The monoisotopic (exact) mass is 447 g/mol. The fourth-order valence-corrected chi connectivity index (χ4v) is 3.57. The van der Waals surface area contributed by atoms with Crippen LogP contribution in [0, 0.1) is 6.92 Å². The minimum absolute atomic E-state index is 0.0317. The fraction of sp³-hybridized carbons (Fsp3) is 0.476. The van der Waals surface area contributed by atoms with E-state index in [-0.39, 0.29) is 56.6 Å². The first-order chi connectivity index (χ1) is 15.3. The van der Waals surface area contributed by atoms with E-state index in [2.05, 4.69) is 4.98 Å². The van der Waals surface area contributed by atoms with Crippen LogP contribution in [0.2, 0.25) is 0 Å². The van der Waals surface area contributed by atoms with E-state index in [9.17, 15) is 24.9 Å². The van der Waals surface area contributed by atoms with E-state index in [4.69, 9.17) is 4.74 Å². The van der Waals surface area contributed by atoms with Gasteiger partial charge in [0.25, 0.3) is 5.56 Å². The average Bonchev–Trinajstić information content (AvgIpc) is 3.14. The van der Waals surface area contributed by atoms with Crippen molar-refractivity contribution in [3.05, 3.63) is 50.7 Å². The zero-order chi connectivity index (χ0) is 23.4. The molecule has 2 aromatic heterocycles. The van der Waals surface area contributed by atoms with Crippen LogP contribution in [0.15, 0.2) is 33.9 Å². The number of hydrogen-bond donors (Lipinski definition) is 3. The van der Waals surface area contributed by atoms with Gasteiger partial charge in [-0.3, -0.25) is 13.9 Å². The molecule has 0 bridgehead atoms. The number of nitrogens with zero attached hydrogens (tertiary/aromatic N) is 5. The van der Waals surface area contributed by atoms with Crippen LogP contribution in [0.25, 0.3) is 11.2 Å². The lowest BCUT2D eigenvalue weighted by atomic mass is 10.2. The summed E-state index contributed by atoms with van der Waals surface area (Å²) in [6.45, 7) is 1.70. The van der Waals surface area contributed by atoms with Crippen LogP contribution in [0.3, 0.4) is 0 Å². The summed E-state index contributed by atoms with van der Waals surface area (Å²) in [5.74, 6) is 0.902.